The Morgan fingerprint density at radius 3 is 2.55 bits per heavy atom. The molecule has 1 aliphatic carbocycles. The van der Waals surface area contributed by atoms with Gasteiger partial charge in [0.25, 0.3) is 0 Å². The third-order valence-electron chi connectivity index (χ3n) is 2.36. The van der Waals surface area contributed by atoms with Gasteiger partial charge in [0.05, 0.1) is 5.41 Å². The smallest absolute Gasteiger partial charge is 0.310 e. The van der Waals surface area contributed by atoms with Gasteiger partial charge in [-0.25, -0.2) is 0 Å². The third kappa shape index (κ3) is 1.30. The Kier molecular flexibility index (Phi) is 2.03. The second kappa shape index (κ2) is 2.68. The minimum absolute atomic E-state index is 0.439. The van der Waals surface area contributed by atoms with Crippen molar-refractivity contribution in [1.82, 2.24) is 0 Å². The topological polar surface area (TPSA) is 37.3 Å². The van der Waals surface area contributed by atoms with E-state index in [9.17, 15) is 4.79 Å². The van der Waals surface area contributed by atoms with Crippen LogP contribution in [0.2, 0.25) is 0 Å². The molecule has 0 aliphatic heterocycles. The normalized spacial score (nSPS) is 21.0. The van der Waals surface area contributed by atoms with Crippen molar-refractivity contribution >= 4 is 5.97 Å². The zero-order valence-electron chi connectivity index (χ0n) is 6.89. The lowest BCUT2D eigenvalue weighted by Gasteiger charge is -2.39. The van der Waals surface area contributed by atoms with Gasteiger partial charge in [-0.1, -0.05) is 25.5 Å². The molecule has 2 nitrogen and oxygen atoms in total. The summed E-state index contributed by atoms with van der Waals surface area (Å²) in [5.41, 5.74) is 0.645. The van der Waals surface area contributed by atoms with E-state index in [0.717, 1.165) is 18.4 Å². The van der Waals surface area contributed by atoms with Crippen LogP contribution in [-0.2, 0) is 4.79 Å². The minimum atomic E-state index is -0.647. The van der Waals surface area contributed by atoms with E-state index in [1.165, 1.54) is 0 Å². The van der Waals surface area contributed by atoms with Crippen LogP contribution < -0.4 is 0 Å². The summed E-state index contributed by atoms with van der Waals surface area (Å²) in [6.45, 7) is 5.78. The lowest BCUT2D eigenvalue weighted by Crippen LogP contribution is -2.39. The first-order valence-electron chi connectivity index (χ1n) is 4.01. The van der Waals surface area contributed by atoms with E-state index < -0.39 is 11.4 Å². The van der Waals surface area contributed by atoms with Crippen molar-refractivity contribution in [2.45, 2.75) is 32.6 Å². The van der Waals surface area contributed by atoms with E-state index >= 15 is 0 Å². The number of carboxylic acids is 1. The molecule has 0 spiro atoms. The second-order valence-electron chi connectivity index (χ2n) is 3.44. The summed E-state index contributed by atoms with van der Waals surface area (Å²) in [7, 11) is 0. The molecule has 0 unspecified atom stereocenters. The van der Waals surface area contributed by atoms with Crippen molar-refractivity contribution in [2.24, 2.45) is 5.41 Å². The number of allylic oxidation sites excluding steroid dienone is 1. The molecule has 0 aromatic rings. The van der Waals surface area contributed by atoms with E-state index in [4.69, 9.17) is 5.11 Å². The highest BCUT2D eigenvalue weighted by molar-refractivity contribution is 5.77. The maximum Gasteiger partial charge on any atom is 0.310 e. The predicted molar refractivity (Wildman–Crippen MR) is 43.4 cm³/mol. The largest absolute Gasteiger partial charge is 0.481 e. The van der Waals surface area contributed by atoms with Gasteiger partial charge in [-0.05, 0) is 19.3 Å². The Morgan fingerprint density at radius 2 is 2.27 bits per heavy atom. The number of carboxylic acid groups (broad SMARTS) is 1. The molecule has 1 aliphatic rings. The van der Waals surface area contributed by atoms with Crippen LogP contribution >= 0.6 is 0 Å². The van der Waals surface area contributed by atoms with Gasteiger partial charge in [-0.2, -0.15) is 0 Å². The fourth-order valence-electron chi connectivity index (χ4n) is 1.82. The Balaban J connectivity index is 2.60. The summed E-state index contributed by atoms with van der Waals surface area (Å²) >= 11 is 0. The van der Waals surface area contributed by atoms with E-state index in [0.29, 0.717) is 12.8 Å². The number of rotatable bonds is 3. The Morgan fingerprint density at radius 1 is 1.73 bits per heavy atom. The Bertz CT molecular complexity index is 186. The minimum Gasteiger partial charge on any atom is -0.481 e. The molecule has 62 valence electrons. The van der Waals surface area contributed by atoms with Crippen LogP contribution in [-0.4, -0.2) is 11.1 Å². The zero-order valence-corrected chi connectivity index (χ0v) is 6.89. The molecule has 0 aromatic heterocycles. The molecular formula is C9H14O2. The van der Waals surface area contributed by atoms with Crippen LogP contribution in [0, 0.1) is 5.41 Å². The fourth-order valence-corrected chi connectivity index (χ4v) is 1.82. The molecule has 0 atom stereocenters. The van der Waals surface area contributed by atoms with Gasteiger partial charge >= 0.3 is 5.97 Å². The SMILES string of the molecule is C=C1CC(CCC)(C(=O)O)C1. The maximum absolute atomic E-state index is 10.8. The molecule has 0 aromatic carbocycles. The number of hydrogen-bond donors (Lipinski definition) is 1. The number of carbonyl (C=O) groups is 1. The Hall–Kier alpha value is -0.790. The van der Waals surface area contributed by atoms with Crippen molar-refractivity contribution in [3.63, 3.8) is 0 Å². The molecule has 1 fully saturated rings. The molecule has 0 heterocycles. The van der Waals surface area contributed by atoms with Gasteiger partial charge in [-0.15, -0.1) is 0 Å². The monoisotopic (exact) mass is 154 g/mol. The van der Waals surface area contributed by atoms with Gasteiger partial charge in [0.1, 0.15) is 0 Å². The standard InChI is InChI=1S/C9H14O2/c1-3-4-9(8(10)11)5-7(2)6-9/h2-6H2,1H3,(H,10,11). The fraction of sp³-hybridized carbons (Fsp3) is 0.667. The van der Waals surface area contributed by atoms with E-state index in [2.05, 4.69) is 6.58 Å². The van der Waals surface area contributed by atoms with Crippen LogP contribution in [0.1, 0.15) is 32.6 Å². The quantitative estimate of drug-likeness (QED) is 0.633. The van der Waals surface area contributed by atoms with Gasteiger partial charge in [-0.3, -0.25) is 4.79 Å². The van der Waals surface area contributed by atoms with Crippen LogP contribution in [0.25, 0.3) is 0 Å². The predicted octanol–water partition coefficient (Wildman–Crippen LogP) is 2.21. The summed E-state index contributed by atoms with van der Waals surface area (Å²) in [5, 5.41) is 8.89. The van der Waals surface area contributed by atoms with Crippen molar-refractivity contribution in [3.8, 4) is 0 Å². The molecular weight excluding hydrogens is 140 g/mol. The highest BCUT2D eigenvalue weighted by atomic mass is 16.4. The average molecular weight is 154 g/mol. The summed E-state index contributed by atoms with van der Waals surface area (Å²) in [5.74, 6) is -0.647. The van der Waals surface area contributed by atoms with Gasteiger partial charge in [0, 0.05) is 0 Å². The number of hydrogen-bond acceptors (Lipinski definition) is 1. The molecule has 1 saturated carbocycles. The first-order chi connectivity index (χ1) is 5.10. The van der Waals surface area contributed by atoms with Crippen molar-refractivity contribution in [3.05, 3.63) is 12.2 Å². The summed E-state index contributed by atoms with van der Waals surface area (Å²) in [4.78, 5) is 10.8. The van der Waals surface area contributed by atoms with Crippen molar-refractivity contribution in [1.29, 1.82) is 0 Å². The molecule has 0 bridgehead atoms. The van der Waals surface area contributed by atoms with E-state index in [1.54, 1.807) is 0 Å². The molecule has 2 heteroatoms. The van der Waals surface area contributed by atoms with Crippen LogP contribution in [0.15, 0.2) is 12.2 Å². The molecule has 1 rings (SSSR count). The summed E-state index contributed by atoms with van der Waals surface area (Å²) in [6, 6.07) is 0. The van der Waals surface area contributed by atoms with Crippen LogP contribution in [0.4, 0.5) is 0 Å². The van der Waals surface area contributed by atoms with Gasteiger partial charge < -0.3 is 5.11 Å². The number of aliphatic carboxylic acids is 1. The highest BCUT2D eigenvalue weighted by Gasteiger charge is 2.45. The van der Waals surface area contributed by atoms with Gasteiger partial charge in [0.2, 0.25) is 0 Å². The van der Waals surface area contributed by atoms with Gasteiger partial charge in [0.15, 0.2) is 0 Å². The lowest BCUT2D eigenvalue weighted by atomic mass is 9.64. The first-order valence-corrected chi connectivity index (χ1v) is 4.01. The summed E-state index contributed by atoms with van der Waals surface area (Å²) in [6.07, 6.45) is 3.12. The third-order valence-corrected chi connectivity index (χ3v) is 2.36. The summed E-state index contributed by atoms with van der Waals surface area (Å²) < 4.78 is 0. The van der Waals surface area contributed by atoms with Crippen LogP contribution in [0.5, 0.6) is 0 Å². The second-order valence-corrected chi connectivity index (χ2v) is 3.44. The molecule has 11 heavy (non-hydrogen) atoms. The van der Waals surface area contributed by atoms with E-state index in [1.807, 2.05) is 6.92 Å². The molecule has 0 radical (unpaired) electrons. The lowest BCUT2D eigenvalue weighted by molar-refractivity contribution is -0.152. The molecule has 0 saturated heterocycles. The van der Waals surface area contributed by atoms with Crippen molar-refractivity contribution in [2.75, 3.05) is 0 Å². The van der Waals surface area contributed by atoms with Crippen LogP contribution in [0.3, 0.4) is 0 Å². The zero-order chi connectivity index (χ0) is 8.48. The maximum atomic E-state index is 10.8. The molecule has 0 amide bonds. The average Bonchev–Trinajstić information content (AvgIpc) is 1.84. The first kappa shape index (κ1) is 8.31. The van der Waals surface area contributed by atoms with E-state index in [-0.39, 0.29) is 0 Å². The highest BCUT2D eigenvalue weighted by Crippen LogP contribution is 2.47. The molecule has 1 N–H and O–H groups in total. The Labute approximate surface area is 66.9 Å². The van der Waals surface area contributed by atoms with Crippen molar-refractivity contribution < 1.29 is 9.90 Å².